The van der Waals surface area contributed by atoms with Crippen LogP contribution in [0.4, 0.5) is 0 Å². The normalized spacial score (nSPS) is 30.6. The number of benzene rings is 1. The van der Waals surface area contributed by atoms with Gasteiger partial charge in [-0.25, -0.2) is 0 Å². The maximum absolute atomic E-state index is 13.1. The highest BCUT2D eigenvalue weighted by molar-refractivity contribution is 6.03. The Morgan fingerprint density at radius 1 is 0.889 bits per heavy atom. The maximum atomic E-state index is 13.1. The molecular weight excluding hydrogens is 332 g/mol. The molecule has 4 rings (SSSR count). The zero-order valence-electron chi connectivity index (χ0n) is 16.2. The predicted octanol–water partition coefficient (Wildman–Crippen LogP) is 5.93. The summed E-state index contributed by atoms with van der Waals surface area (Å²) >= 11 is 0. The molecule has 3 aliphatic carbocycles. The number of hydrogen-bond donors (Lipinski definition) is 0. The molecule has 0 heterocycles. The minimum Gasteiger partial charge on any atom is -0.299 e. The summed E-state index contributed by atoms with van der Waals surface area (Å²) in [6, 6.07) is 10.1. The van der Waals surface area contributed by atoms with Crippen molar-refractivity contribution in [1.82, 2.24) is 0 Å². The quantitative estimate of drug-likeness (QED) is 0.492. The van der Waals surface area contributed by atoms with Gasteiger partial charge in [-0.2, -0.15) is 0 Å². The van der Waals surface area contributed by atoms with E-state index in [1.165, 1.54) is 18.4 Å². The van der Waals surface area contributed by atoms with Crippen molar-refractivity contribution in [2.24, 2.45) is 17.8 Å². The average molecular weight is 363 g/mol. The topological polar surface area (TPSA) is 34.1 Å². The van der Waals surface area contributed by atoms with E-state index in [2.05, 4.69) is 6.08 Å². The van der Waals surface area contributed by atoms with E-state index in [1.807, 2.05) is 36.4 Å². The largest absolute Gasteiger partial charge is 0.299 e. The fourth-order valence-electron chi connectivity index (χ4n) is 5.23. The number of hydrogen-bond acceptors (Lipinski definition) is 2. The number of Topliss-reactive ketones (excluding diaryl/α,β-unsaturated/α-hetero) is 2. The van der Waals surface area contributed by atoms with E-state index in [0.717, 1.165) is 62.5 Å². The molecule has 2 saturated carbocycles. The first-order valence-electron chi connectivity index (χ1n) is 10.7. The van der Waals surface area contributed by atoms with E-state index in [0.29, 0.717) is 5.78 Å². The van der Waals surface area contributed by atoms with Crippen LogP contribution in [0.25, 0.3) is 6.08 Å². The molecule has 0 unspecified atom stereocenters. The Hall–Kier alpha value is -1.96. The molecule has 0 bridgehead atoms. The Labute approximate surface area is 162 Å². The molecule has 1 aromatic carbocycles. The lowest BCUT2D eigenvalue weighted by Gasteiger charge is -2.31. The van der Waals surface area contributed by atoms with Crippen LogP contribution in [-0.2, 0) is 9.59 Å². The summed E-state index contributed by atoms with van der Waals surface area (Å²) < 4.78 is 0. The second kappa shape index (κ2) is 8.37. The van der Waals surface area contributed by atoms with Crippen LogP contribution < -0.4 is 0 Å². The van der Waals surface area contributed by atoms with Gasteiger partial charge in [0.15, 0.2) is 5.78 Å². The summed E-state index contributed by atoms with van der Waals surface area (Å²) in [6.07, 6.45) is 14.8. The van der Waals surface area contributed by atoms with Gasteiger partial charge in [0.2, 0.25) is 0 Å². The van der Waals surface area contributed by atoms with Gasteiger partial charge in [0, 0.05) is 17.8 Å². The van der Waals surface area contributed by atoms with Crippen LogP contribution in [0.3, 0.4) is 0 Å². The summed E-state index contributed by atoms with van der Waals surface area (Å²) in [7, 11) is 0. The molecule has 142 valence electrons. The maximum Gasteiger partial charge on any atom is 0.161 e. The first kappa shape index (κ1) is 18.4. The Bertz CT molecular complexity index is 756. The van der Waals surface area contributed by atoms with E-state index in [4.69, 9.17) is 0 Å². The van der Waals surface area contributed by atoms with Crippen molar-refractivity contribution >= 4 is 17.6 Å². The monoisotopic (exact) mass is 362 g/mol. The molecule has 27 heavy (non-hydrogen) atoms. The van der Waals surface area contributed by atoms with Crippen LogP contribution in [-0.4, -0.2) is 11.6 Å². The van der Waals surface area contributed by atoms with Crippen molar-refractivity contribution in [3.8, 4) is 0 Å². The van der Waals surface area contributed by atoms with Gasteiger partial charge in [0.05, 0.1) is 0 Å². The van der Waals surface area contributed by atoms with Crippen LogP contribution >= 0.6 is 0 Å². The molecule has 0 amide bonds. The highest BCUT2D eigenvalue weighted by Crippen LogP contribution is 2.40. The Balaban J connectivity index is 1.41. The van der Waals surface area contributed by atoms with Crippen molar-refractivity contribution in [2.75, 3.05) is 0 Å². The van der Waals surface area contributed by atoms with E-state index in [1.54, 1.807) is 0 Å². The van der Waals surface area contributed by atoms with Crippen molar-refractivity contribution in [2.45, 2.75) is 64.2 Å². The molecule has 2 nitrogen and oxygen atoms in total. The predicted molar refractivity (Wildman–Crippen MR) is 109 cm³/mol. The third kappa shape index (κ3) is 4.15. The molecule has 2 fully saturated rings. The highest BCUT2D eigenvalue weighted by Gasteiger charge is 2.38. The number of ketones is 2. The molecule has 0 radical (unpaired) electrons. The van der Waals surface area contributed by atoms with Crippen LogP contribution in [0.5, 0.6) is 0 Å². The average Bonchev–Trinajstić information content (AvgIpc) is 3.04. The summed E-state index contributed by atoms with van der Waals surface area (Å²) in [6.45, 7) is 0. The van der Waals surface area contributed by atoms with Gasteiger partial charge in [-0.3, -0.25) is 9.59 Å². The van der Waals surface area contributed by atoms with Crippen molar-refractivity contribution in [1.29, 1.82) is 0 Å². The molecule has 1 aromatic rings. The SMILES string of the molecule is O=C1/C(=C/c2ccccc2)CC[C@@H]1C[C@@H]1CCC[C@H](C2=CCCCC2)C1=O. The molecule has 0 aliphatic heterocycles. The minimum atomic E-state index is 0.0491. The number of carbonyl (C=O) groups is 2. The lowest BCUT2D eigenvalue weighted by atomic mass is 9.71. The molecule has 3 atom stereocenters. The van der Waals surface area contributed by atoms with Gasteiger partial charge in [0.25, 0.3) is 0 Å². The Morgan fingerprint density at radius 2 is 1.74 bits per heavy atom. The van der Waals surface area contributed by atoms with Crippen molar-refractivity contribution in [3.05, 3.63) is 53.1 Å². The van der Waals surface area contributed by atoms with E-state index in [-0.39, 0.29) is 23.5 Å². The standard InChI is InChI=1S/C25H30O2/c26-24-21(16-18-8-3-1-4-9-18)14-15-22(24)17-20-12-7-13-23(25(20)27)19-10-5-2-6-11-19/h1,3-4,8-10,16,20,22-23H,2,5-7,11-15,17H2/b21-16+/t20-,22+,23+/m0/s1. The van der Waals surface area contributed by atoms with E-state index >= 15 is 0 Å². The van der Waals surface area contributed by atoms with E-state index < -0.39 is 0 Å². The van der Waals surface area contributed by atoms with Gasteiger partial charge < -0.3 is 0 Å². The first-order chi connectivity index (χ1) is 13.2. The minimum absolute atomic E-state index is 0.0491. The molecule has 3 aliphatic rings. The second-order valence-electron chi connectivity index (χ2n) is 8.52. The third-order valence-electron chi connectivity index (χ3n) is 6.72. The smallest absolute Gasteiger partial charge is 0.161 e. The lowest BCUT2D eigenvalue weighted by Crippen LogP contribution is -2.32. The molecule has 0 spiro atoms. The molecule has 0 saturated heterocycles. The zero-order valence-corrected chi connectivity index (χ0v) is 16.2. The van der Waals surface area contributed by atoms with Gasteiger partial charge in [-0.15, -0.1) is 0 Å². The van der Waals surface area contributed by atoms with Crippen molar-refractivity contribution < 1.29 is 9.59 Å². The fourth-order valence-corrected chi connectivity index (χ4v) is 5.23. The molecular formula is C25H30O2. The number of rotatable bonds is 4. The molecule has 0 N–H and O–H groups in total. The summed E-state index contributed by atoms with van der Waals surface area (Å²) in [5, 5.41) is 0. The lowest BCUT2D eigenvalue weighted by molar-refractivity contribution is -0.129. The van der Waals surface area contributed by atoms with Crippen LogP contribution in [0, 0.1) is 17.8 Å². The van der Waals surface area contributed by atoms with Crippen LogP contribution in [0.15, 0.2) is 47.6 Å². The number of allylic oxidation sites excluding steroid dienone is 3. The Kier molecular flexibility index (Phi) is 5.71. The Morgan fingerprint density at radius 3 is 2.52 bits per heavy atom. The first-order valence-corrected chi connectivity index (χ1v) is 10.7. The highest BCUT2D eigenvalue weighted by atomic mass is 16.1. The fraction of sp³-hybridized carbons (Fsp3) is 0.520. The van der Waals surface area contributed by atoms with Gasteiger partial charge in [0.1, 0.15) is 5.78 Å². The van der Waals surface area contributed by atoms with Crippen molar-refractivity contribution in [3.63, 3.8) is 0 Å². The second-order valence-corrected chi connectivity index (χ2v) is 8.52. The van der Waals surface area contributed by atoms with Crippen LogP contribution in [0.1, 0.15) is 69.8 Å². The van der Waals surface area contributed by atoms with Gasteiger partial charge in [-0.05, 0) is 75.0 Å². The van der Waals surface area contributed by atoms with Gasteiger partial charge in [-0.1, -0.05) is 48.4 Å². The van der Waals surface area contributed by atoms with E-state index in [9.17, 15) is 9.59 Å². The summed E-state index contributed by atoms with van der Waals surface area (Å²) in [5.74, 6) is 1.01. The van der Waals surface area contributed by atoms with Crippen LogP contribution in [0.2, 0.25) is 0 Å². The molecule has 0 aromatic heterocycles. The summed E-state index contributed by atoms with van der Waals surface area (Å²) in [5.41, 5.74) is 3.44. The zero-order chi connectivity index (χ0) is 18.6. The summed E-state index contributed by atoms with van der Waals surface area (Å²) in [4.78, 5) is 26.0. The number of carbonyl (C=O) groups excluding carboxylic acids is 2. The van der Waals surface area contributed by atoms with Gasteiger partial charge >= 0.3 is 0 Å². The molecule has 2 heteroatoms. The third-order valence-corrected chi connectivity index (χ3v) is 6.72.